The van der Waals surface area contributed by atoms with Crippen molar-refractivity contribution in [3.63, 3.8) is 0 Å². The highest BCUT2D eigenvalue weighted by atomic mass is 32.2. The molecule has 0 bridgehead atoms. The number of hydrogen-bond donors (Lipinski definition) is 1. The predicted molar refractivity (Wildman–Crippen MR) is 74.7 cm³/mol. The zero-order chi connectivity index (χ0) is 14.8. The molecular formula is C14H19F2NO2S. The van der Waals surface area contributed by atoms with Gasteiger partial charge >= 0.3 is 5.76 Å². The molecule has 1 atom stereocenters. The molecule has 3 nitrogen and oxygen atoms in total. The molecule has 0 aromatic heterocycles. The second kappa shape index (κ2) is 6.08. The first-order valence-corrected chi connectivity index (χ1v) is 8.35. The highest BCUT2D eigenvalue weighted by molar-refractivity contribution is 7.91. The number of hydrogen-bond acceptors (Lipinski definition) is 3. The van der Waals surface area contributed by atoms with E-state index in [9.17, 15) is 17.2 Å². The van der Waals surface area contributed by atoms with Crippen LogP contribution in [0.3, 0.4) is 0 Å². The standard InChI is InChI=1S/C14H19F2NO2S/c1-10(11-6-2-3-7-11)17-12-8-4-5-9-13(12)20(18,19)14(15)16/h4-5,8-11,14,17H,2-3,6-7H2,1H3. The van der Waals surface area contributed by atoms with Gasteiger partial charge < -0.3 is 5.32 Å². The van der Waals surface area contributed by atoms with Crippen LogP contribution in [0.15, 0.2) is 29.2 Å². The van der Waals surface area contributed by atoms with E-state index in [0.29, 0.717) is 5.92 Å². The molecule has 1 aromatic carbocycles. The van der Waals surface area contributed by atoms with Gasteiger partial charge in [-0.2, -0.15) is 8.78 Å². The Morgan fingerprint density at radius 2 is 1.80 bits per heavy atom. The highest BCUT2D eigenvalue weighted by Gasteiger charge is 2.30. The fourth-order valence-corrected chi connectivity index (χ4v) is 3.64. The summed E-state index contributed by atoms with van der Waals surface area (Å²) < 4.78 is 48.7. The topological polar surface area (TPSA) is 46.2 Å². The normalized spacial score (nSPS) is 18.4. The minimum absolute atomic E-state index is 0.0755. The van der Waals surface area contributed by atoms with Crippen LogP contribution in [0.2, 0.25) is 0 Å². The maximum absolute atomic E-state index is 12.7. The van der Waals surface area contributed by atoms with Crippen molar-refractivity contribution in [1.29, 1.82) is 0 Å². The first kappa shape index (κ1) is 15.2. The molecule has 0 amide bonds. The summed E-state index contributed by atoms with van der Waals surface area (Å²) in [6.45, 7) is 1.97. The van der Waals surface area contributed by atoms with E-state index in [-0.39, 0.29) is 16.6 Å². The van der Waals surface area contributed by atoms with Crippen molar-refractivity contribution in [2.75, 3.05) is 5.32 Å². The van der Waals surface area contributed by atoms with Gasteiger partial charge in [0.2, 0.25) is 9.84 Å². The molecule has 112 valence electrons. The summed E-state index contributed by atoms with van der Waals surface area (Å²) in [7, 11) is -4.57. The van der Waals surface area contributed by atoms with Crippen LogP contribution in [0.4, 0.5) is 14.5 Å². The Kier molecular flexibility index (Phi) is 4.62. The molecule has 20 heavy (non-hydrogen) atoms. The van der Waals surface area contributed by atoms with Crippen molar-refractivity contribution < 1.29 is 17.2 Å². The molecule has 2 rings (SSSR count). The largest absolute Gasteiger partial charge is 0.381 e. The van der Waals surface area contributed by atoms with Crippen molar-refractivity contribution in [2.24, 2.45) is 5.92 Å². The molecule has 1 aliphatic rings. The van der Waals surface area contributed by atoms with Crippen molar-refractivity contribution in [1.82, 2.24) is 0 Å². The lowest BCUT2D eigenvalue weighted by molar-refractivity contribution is 0.235. The molecular weight excluding hydrogens is 284 g/mol. The third-order valence-electron chi connectivity index (χ3n) is 3.92. The summed E-state index contributed by atoms with van der Waals surface area (Å²) in [4.78, 5) is -0.320. The maximum atomic E-state index is 12.7. The van der Waals surface area contributed by atoms with Crippen LogP contribution >= 0.6 is 0 Å². The minimum Gasteiger partial charge on any atom is -0.381 e. The quantitative estimate of drug-likeness (QED) is 0.902. The third-order valence-corrected chi connectivity index (χ3v) is 5.36. The van der Waals surface area contributed by atoms with Gasteiger partial charge in [-0.05, 0) is 37.8 Å². The zero-order valence-corrected chi connectivity index (χ0v) is 12.2. The van der Waals surface area contributed by atoms with Gasteiger partial charge in [0.1, 0.15) is 0 Å². The monoisotopic (exact) mass is 303 g/mol. The number of nitrogens with one attached hydrogen (secondary N) is 1. The zero-order valence-electron chi connectivity index (χ0n) is 11.4. The van der Waals surface area contributed by atoms with E-state index in [1.807, 2.05) is 6.92 Å². The molecule has 0 heterocycles. The van der Waals surface area contributed by atoms with E-state index in [2.05, 4.69) is 5.32 Å². The van der Waals surface area contributed by atoms with E-state index in [1.165, 1.54) is 25.0 Å². The van der Waals surface area contributed by atoms with Gasteiger partial charge in [-0.25, -0.2) is 8.42 Å². The van der Waals surface area contributed by atoms with Crippen molar-refractivity contribution in [3.05, 3.63) is 24.3 Å². The lowest BCUT2D eigenvalue weighted by atomic mass is 9.99. The Bertz CT molecular complexity index is 554. The van der Waals surface area contributed by atoms with Crippen LogP contribution in [0.25, 0.3) is 0 Å². The Labute approximate surface area is 118 Å². The molecule has 1 saturated carbocycles. The van der Waals surface area contributed by atoms with Crippen LogP contribution in [0, 0.1) is 5.92 Å². The average molecular weight is 303 g/mol. The number of sulfone groups is 1. The van der Waals surface area contributed by atoms with Crippen LogP contribution in [-0.4, -0.2) is 20.2 Å². The molecule has 0 aliphatic heterocycles. The van der Waals surface area contributed by atoms with Crippen molar-refractivity contribution in [3.8, 4) is 0 Å². The van der Waals surface area contributed by atoms with E-state index in [4.69, 9.17) is 0 Å². The second-order valence-corrected chi connectivity index (χ2v) is 7.17. The molecule has 6 heteroatoms. The molecule has 1 aromatic rings. The molecule has 0 spiro atoms. The van der Waals surface area contributed by atoms with Crippen LogP contribution < -0.4 is 5.32 Å². The van der Waals surface area contributed by atoms with Gasteiger partial charge in [0, 0.05) is 6.04 Å². The number of anilines is 1. The van der Waals surface area contributed by atoms with Crippen molar-refractivity contribution in [2.45, 2.75) is 49.3 Å². The summed E-state index contributed by atoms with van der Waals surface area (Å²) in [5.74, 6) is -2.93. The van der Waals surface area contributed by atoms with E-state index >= 15 is 0 Å². The Morgan fingerprint density at radius 1 is 1.20 bits per heavy atom. The van der Waals surface area contributed by atoms with Crippen molar-refractivity contribution >= 4 is 15.5 Å². The molecule has 1 aliphatic carbocycles. The molecule has 1 N–H and O–H groups in total. The Hall–Kier alpha value is -1.17. The smallest absolute Gasteiger partial charge is 0.341 e. The first-order chi connectivity index (χ1) is 9.43. The van der Waals surface area contributed by atoms with Gasteiger partial charge in [0.05, 0.1) is 10.6 Å². The second-order valence-electron chi connectivity index (χ2n) is 5.28. The number of rotatable bonds is 5. The van der Waals surface area contributed by atoms with Gasteiger partial charge in [0.15, 0.2) is 0 Å². The minimum atomic E-state index is -4.57. The predicted octanol–water partition coefficient (Wildman–Crippen LogP) is 3.67. The number of alkyl halides is 2. The molecule has 1 unspecified atom stereocenters. The summed E-state index contributed by atoms with van der Waals surface area (Å²) in [5.41, 5.74) is 0.271. The average Bonchev–Trinajstić information content (AvgIpc) is 2.93. The van der Waals surface area contributed by atoms with E-state index in [0.717, 1.165) is 12.8 Å². The van der Waals surface area contributed by atoms with E-state index < -0.39 is 15.6 Å². The van der Waals surface area contributed by atoms with Gasteiger partial charge in [-0.15, -0.1) is 0 Å². The molecule has 1 fully saturated rings. The van der Waals surface area contributed by atoms with Crippen LogP contribution in [0.1, 0.15) is 32.6 Å². The highest BCUT2D eigenvalue weighted by Crippen LogP contribution is 2.32. The van der Waals surface area contributed by atoms with Crippen LogP contribution in [-0.2, 0) is 9.84 Å². The van der Waals surface area contributed by atoms with E-state index in [1.54, 1.807) is 12.1 Å². The summed E-state index contributed by atoms with van der Waals surface area (Å²) >= 11 is 0. The lowest BCUT2D eigenvalue weighted by Crippen LogP contribution is -2.25. The first-order valence-electron chi connectivity index (χ1n) is 6.80. The molecule has 0 radical (unpaired) electrons. The maximum Gasteiger partial charge on any atom is 0.341 e. The Balaban J connectivity index is 2.24. The summed E-state index contributed by atoms with van der Waals surface area (Å²) in [5, 5.41) is 3.10. The van der Waals surface area contributed by atoms with Gasteiger partial charge in [0.25, 0.3) is 0 Å². The fourth-order valence-electron chi connectivity index (χ4n) is 2.75. The SMILES string of the molecule is CC(Nc1ccccc1S(=O)(=O)C(F)F)C1CCCC1. The fraction of sp³-hybridized carbons (Fsp3) is 0.571. The van der Waals surface area contributed by atoms with Crippen LogP contribution in [0.5, 0.6) is 0 Å². The van der Waals surface area contributed by atoms with Gasteiger partial charge in [-0.3, -0.25) is 0 Å². The summed E-state index contributed by atoms with van der Waals surface area (Å²) in [6, 6.07) is 5.95. The lowest BCUT2D eigenvalue weighted by Gasteiger charge is -2.23. The molecule has 0 saturated heterocycles. The Morgan fingerprint density at radius 3 is 2.40 bits per heavy atom. The van der Waals surface area contributed by atoms with Gasteiger partial charge in [-0.1, -0.05) is 25.0 Å². The third kappa shape index (κ3) is 3.11. The number of para-hydroxylation sites is 1. The number of benzene rings is 1. The number of halogens is 2. The summed E-state index contributed by atoms with van der Waals surface area (Å²) in [6.07, 6.45) is 4.54.